The van der Waals surface area contributed by atoms with Gasteiger partial charge in [-0.25, -0.2) is 0 Å². The zero-order valence-corrected chi connectivity index (χ0v) is 20.2. The van der Waals surface area contributed by atoms with Gasteiger partial charge in [-0.05, 0) is 69.9 Å². The number of aromatic nitrogens is 1. The second-order valence-corrected chi connectivity index (χ2v) is 10.1. The second kappa shape index (κ2) is 9.49. The first-order valence-corrected chi connectivity index (χ1v) is 11.8. The largest absolute Gasteiger partial charge is 0.476 e. The van der Waals surface area contributed by atoms with Crippen molar-refractivity contribution in [3.05, 3.63) is 57.8 Å². The number of nitrogens with two attached hydrogens (primary N) is 1. The molecule has 7 nitrogen and oxygen atoms in total. The normalized spacial score (nSPS) is 22.7. The van der Waals surface area contributed by atoms with E-state index in [2.05, 4.69) is 15.2 Å². The molecule has 3 N–H and O–H groups in total. The Hall–Kier alpha value is -2.35. The SMILES string of the molecule is CC(C)(Oc1ccc(Cl)cc1Cl)C(=O)NC1C[C@H]2CC[C@@H](C1)N2Cc1ccc(C(N)=O)cn1. The smallest absolute Gasteiger partial charge is 0.263 e. The maximum atomic E-state index is 13.0. The third kappa shape index (κ3) is 5.42. The molecule has 3 atom stereocenters. The summed E-state index contributed by atoms with van der Waals surface area (Å²) >= 11 is 12.2. The number of benzene rings is 1. The van der Waals surface area contributed by atoms with Gasteiger partial charge < -0.3 is 15.8 Å². The number of ether oxygens (including phenoxy) is 1. The molecule has 0 radical (unpaired) electrons. The molecule has 2 aliphatic heterocycles. The number of hydrogen-bond acceptors (Lipinski definition) is 5. The molecule has 0 aliphatic carbocycles. The predicted octanol–water partition coefficient (Wildman–Crippen LogP) is 3.96. The minimum atomic E-state index is -1.08. The van der Waals surface area contributed by atoms with Gasteiger partial charge in [0.05, 0.1) is 16.3 Å². The van der Waals surface area contributed by atoms with Gasteiger partial charge in [0.2, 0.25) is 5.91 Å². The van der Waals surface area contributed by atoms with E-state index in [-0.39, 0.29) is 11.9 Å². The van der Waals surface area contributed by atoms with Crippen LogP contribution in [0.3, 0.4) is 0 Å². The van der Waals surface area contributed by atoms with E-state index in [1.54, 1.807) is 38.1 Å². The molecule has 1 aromatic carbocycles. The summed E-state index contributed by atoms with van der Waals surface area (Å²) in [5.41, 5.74) is 5.54. The van der Waals surface area contributed by atoms with Crippen LogP contribution in [0.4, 0.5) is 0 Å². The van der Waals surface area contributed by atoms with Gasteiger partial charge in [0.25, 0.3) is 5.91 Å². The molecule has 0 saturated carbocycles. The average molecular weight is 491 g/mol. The maximum Gasteiger partial charge on any atom is 0.263 e. The van der Waals surface area contributed by atoms with E-state index >= 15 is 0 Å². The molecular formula is C24H28Cl2N4O3. The van der Waals surface area contributed by atoms with Crippen LogP contribution in [0.1, 0.15) is 55.6 Å². The Bertz CT molecular complexity index is 1030. The number of piperidine rings is 1. The quantitative estimate of drug-likeness (QED) is 0.611. The number of carbonyl (C=O) groups excluding carboxylic acids is 2. The third-order valence-corrected chi connectivity index (χ3v) is 7.01. The molecular weight excluding hydrogens is 463 g/mol. The molecule has 1 unspecified atom stereocenters. The highest BCUT2D eigenvalue weighted by Gasteiger charge is 2.42. The fourth-order valence-corrected chi connectivity index (χ4v) is 5.19. The van der Waals surface area contributed by atoms with E-state index < -0.39 is 11.5 Å². The molecule has 2 aromatic rings. The molecule has 2 bridgehead atoms. The molecule has 2 aliphatic rings. The average Bonchev–Trinajstić information content (AvgIpc) is 2.98. The Morgan fingerprint density at radius 3 is 2.45 bits per heavy atom. The van der Waals surface area contributed by atoms with Crippen molar-refractivity contribution in [3.8, 4) is 5.75 Å². The second-order valence-electron chi connectivity index (χ2n) is 9.29. The molecule has 1 aromatic heterocycles. The Morgan fingerprint density at radius 1 is 1.18 bits per heavy atom. The first-order valence-electron chi connectivity index (χ1n) is 11.1. The van der Waals surface area contributed by atoms with Crippen molar-refractivity contribution in [2.24, 2.45) is 5.73 Å². The lowest BCUT2D eigenvalue weighted by molar-refractivity contribution is -0.135. The van der Waals surface area contributed by atoms with E-state index in [1.807, 2.05) is 6.07 Å². The number of nitrogens with zero attached hydrogens (tertiary/aromatic N) is 2. The summed E-state index contributed by atoms with van der Waals surface area (Å²) in [5.74, 6) is -0.225. The zero-order chi connectivity index (χ0) is 23.8. The van der Waals surface area contributed by atoms with Gasteiger partial charge >= 0.3 is 0 Å². The number of primary amides is 1. The van der Waals surface area contributed by atoms with Crippen LogP contribution in [-0.2, 0) is 11.3 Å². The highest BCUT2D eigenvalue weighted by atomic mass is 35.5. The van der Waals surface area contributed by atoms with Gasteiger partial charge in [-0.15, -0.1) is 0 Å². The van der Waals surface area contributed by atoms with Crippen LogP contribution in [-0.4, -0.2) is 45.4 Å². The first-order chi connectivity index (χ1) is 15.6. The number of hydrogen-bond donors (Lipinski definition) is 2. The highest BCUT2D eigenvalue weighted by molar-refractivity contribution is 6.35. The summed E-state index contributed by atoms with van der Waals surface area (Å²) in [7, 11) is 0. The van der Waals surface area contributed by atoms with Gasteiger partial charge in [0.1, 0.15) is 5.75 Å². The van der Waals surface area contributed by atoms with Crippen LogP contribution in [0.25, 0.3) is 0 Å². The Labute approximate surface area is 203 Å². The highest BCUT2D eigenvalue weighted by Crippen LogP contribution is 2.37. The van der Waals surface area contributed by atoms with Gasteiger partial charge in [-0.3, -0.25) is 19.5 Å². The van der Waals surface area contributed by atoms with Crippen molar-refractivity contribution in [1.29, 1.82) is 0 Å². The standard InChI is InChI=1S/C24H28Cl2N4O3/c1-24(2,33-21-8-4-15(25)9-20(21)26)23(32)29-17-10-18-6-7-19(11-17)30(18)13-16-5-3-14(12-28-16)22(27)31/h3-5,8-9,12,17-19H,6-7,10-11,13H2,1-2H3,(H2,27,31)(H,29,32)/t17?,18-,19+. The number of rotatable bonds is 7. The van der Waals surface area contributed by atoms with Crippen LogP contribution in [0.5, 0.6) is 5.75 Å². The lowest BCUT2D eigenvalue weighted by Gasteiger charge is -2.40. The van der Waals surface area contributed by atoms with Crippen LogP contribution in [0.2, 0.25) is 10.0 Å². The van der Waals surface area contributed by atoms with E-state index in [4.69, 9.17) is 33.7 Å². The van der Waals surface area contributed by atoms with Gasteiger partial charge in [0.15, 0.2) is 5.60 Å². The summed E-state index contributed by atoms with van der Waals surface area (Å²) < 4.78 is 5.93. The number of halogens is 2. The summed E-state index contributed by atoms with van der Waals surface area (Å²) in [5, 5.41) is 4.07. The fourth-order valence-electron chi connectivity index (χ4n) is 4.74. The summed E-state index contributed by atoms with van der Waals surface area (Å²) in [4.78, 5) is 31.2. The monoisotopic (exact) mass is 490 g/mol. The molecule has 3 heterocycles. The molecule has 4 rings (SSSR count). The van der Waals surface area contributed by atoms with Crippen molar-refractivity contribution < 1.29 is 14.3 Å². The molecule has 9 heteroatoms. The first kappa shape index (κ1) is 23.8. The van der Waals surface area contributed by atoms with Gasteiger partial charge in [0, 0.05) is 35.9 Å². The number of nitrogens with one attached hydrogen (secondary N) is 1. The Balaban J connectivity index is 1.35. The molecule has 176 valence electrons. The van der Waals surface area contributed by atoms with E-state index in [9.17, 15) is 9.59 Å². The molecule has 0 spiro atoms. The predicted molar refractivity (Wildman–Crippen MR) is 127 cm³/mol. The summed E-state index contributed by atoms with van der Waals surface area (Å²) in [6.45, 7) is 4.19. The lowest BCUT2D eigenvalue weighted by atomic mass is 9.96. The fraction of sp³-hybridized carbons (Fsp3) is 0.458. The lowest BCUT2D eigenvalue weighted by Crippen LogP contribution is -2.55. The van der Waals surface area contributed by atoms with Crippen LogP contribution in [0, 0.1) is 0 Å². The van der Waals surface area contributed by atoms with Gasteiger partial charge in [-0.1, -0.05) is 23.2 Å². The van der Waals surface area contributed by atoms with Crippen LogP contribution < -0.4 is 15.8 Å². The molecule has 2 saturated heterocycles. The molecule has 2 amide bonds. The van der Waals surface area contributed by atoms with Crippen molar-refractivity contribution in [3.63, 3.8) is 0 Å². The number of pyridine rings is 1. The minimum Gasteiger partial charge on any atom is -0.476 e. The molecule has 33 heavy (non-hydrogen) atoms. The number of carbonyl (C=O) groups is 2. The van der Waals surface area contributed by atoms with Gasteiger partial charge in [-0.2, -0.15) is 0 Å². The van der Waals surface area contributed by atoms with Crippen molar-refractivity contribution in [1.82, 2.24) is 15.2 Å². The van der Waals surface area contributed by atoms with E-state index in [1.165, 1.54) is 6.20 Å². The van der Waals surface area contributed by atoms with Crippen molar-refractivity contribution in [2.45, 2.75) is 69.8 Å². The molecule has 2 fully saturated rings. The van der Waals surface area contributed by atoms with Crippen LogP contribution >= 0.6 is 23.2 Å². The number of amides is 2. The minimum absolute atomic E-state index is 0.0833. The van der Waals surface area contributed by atoms with Crippen molar-refractivity contribution >= 4 is 35.0 Å². The maximum absolute atomic E-state index is 13.0. The Kier molecular flexibility index (Phi) is 6.84. The topological polar surface area (TPSA) is 97.5 Å². The third-order valence-electron chi connectivity index (χ3n) is 6.48. The van der Waals surface area contributed by atoms with E-state index in [0.29, 0.717) is 33.4 Å². The Morgan fingerprint density at radius 2 is 1.88 bits per heavy atom. The summed E-state index contributed by atoms with van der Waals surface area (Å²) in [6, 6.07) is 9.35. The number of fused-ring (bicyclic) bond motifs is 2. The zero-order valence-electron chi connectivity index (χ0n) is 18.7. The summed E-state index contributed by atoms with van der Waals surface area (Å²) in [6.07, 6.45) is 5.47. The van der Waals surface area contributed by atoms with Crippen molar-refractivity contribution in [2.75, 3.05) is 0 Å². The van der Waals surface area contributed by atoms with E-state index in [0.717, 1.165) is 37.9 Å². The van der Waals surface area contributed by atoms with Crippen LogP contribution in [0.15, 0.2) is 36.5 Å².